The minimum absolute atomic E-state index is 0.277. The number of rotatable bonds is 6. The van der Waals surface area contributed by atoms with Gasteiger partial charge in [-0.2, -0.15) is 0 Å². The normalized spacial score (nSPS) is 14.1. The molecular weight excluding hydrogens is 220 g/mol. The van der Waals surface area contributed by atoms with Crippen LogP contribution in [0.4, 0.5) is 0 Å². The summed E-state index contributed by atoms with van der Waals surface area (Å²) in [6.45, 7) is 2.42. The van der Waals surface area contributed by atoms with Crippen LogP contribution in [0.5, 0.6) is 5.75 Å². The summed E-state index contributed by atoms with van der Waals surface area (Å²) in [4.78, 5) is 10.9. The van der Waals surface area contributed by atoms with E-state index < -0.39 is 11.5 Å². The van der Waals surface area contributed by atoms with Gasteiger partial charge in [0.1, 0.15) is 17.9 Å². The third-order valence-electron chi connectivity index (χ3n) is 2.37. The Labute approximate surface area is 100 Å². The first-order valence-electron chi connectivity index (χ1n) is 5.40. The van der Waals surface area contributed by atoms with E-state index in [0.29, 0.717) is 18.9 Å². The fourth-order valence-corrected chi connectivity index (χ4v) is 1.38. The van der Waals surface area contributed by atoms with E-state index in [9.17, 15) is 4.79 Å². The van der Waals surface area contributed by atoms with E-state index >= 15 is 0 Å². The Balaban J connectivity index is 2.65. The van der Waals surface area contributed by atoms with Crippen LogP contribution < -0.4 is 16.2 Å². The summed E-state index contributed by atoms with van der Waals surface area (Å²) in [6, 6.07) is 7.17. The number of carboxylic acids is 1. The van der Waals surface area contributed by atoms with Gasteiger partial charge in [0.25, 0.3) is 0 Å². The van der Waals surface area contributed by atoms with Crippen molar-refractivity contribution < 1.29 is 14.6 Å². The van der Waals surface area contributed by atoms with E-state index in [1.165, 1.54) is 6.92 Å². The van der Waals surface area contributed by atoms with E-state index in [4.69, 9.17) is 21.3 Å². The molecule has 0 spiro atoms. The summed E-state index contributed by atoms with van der Waals surface area (Å²) in [5.41, 5.74) is 10.6. The van der Waals surface area contributed by atoms with Crippen molar-refractivity contribution in [3.05, 3.63) is 29.8 Å². The summed E-state index contributed by atoms with van der Waals surface area (Å²) in [5, 5.41) is 8.91. The van der Waals surface area contributed by atoms with E-state index in [0.717, 1.165) is 5.56 Å². The van der Waals surface area contributed by atoms with Crippen molar-refractivity contribution in [2.75, 3.05) is 13.2 Å². The fourth-order valence-electron chi connectivity index (χ4n) is 1.38. The van der Waals surface area contributed by atoms with Crippen molar-refractivity contribution in [2.24, 2.45) is 11.5 Å². The maximum Gasteiger partial charge on any atom is 0.323 e. The molecule has 0 aliphatic heterocycles. The monoisotopic (exact) mass is 238 g/mol. The second-order valence-electron chi connectivity index (χ2n) is 4.18. The van der Waals surface area contributed by atoms with Crippen LogP contribution >= 0.6 is 0 Å². The molecule has 1 atom stereocenters. The van der Waals surface area contributed by atoms with E-state index in [1.54, 1.807) is 24.3 Å². The molecule has 0 aliphatic carbocycles. The van der Waals surface area contributed by atoms with Crippen molar-refractivity contribution in [3.63, 3.8) is 0 Å². The van der Waals surface area contributed by atoms with Gasteiger partial charge in [-0.1, -0.05) is 12.1 Å². The molecule has 5 nitrogen and oxygen atoms in total. The minimum Gasteiger partial charge on any atom is -0.492 e. The van der Waals surface area contributed by atoms with Gasteiger partial charge in [0.15, 0.2) is 0 Å². The molecule has 94 valence electrons. The molecule has 0 saturated heterocycles. The second kappa shape index (κ2) is 5.65. The molecule has 0 heterocycles. The van der Waals surface area contributed by atoms with E-state index in [2.05, 4.69) is 0 Å². The molecule has 17 heavy (non-hydrogen) atoms. The Morgan fingerprint density at radius 2 is 2.00 bits per heavy atom. The molecule has 1 rings (SSSR count). The summed E-state index contributed by atoms with van der Waals surface area (Å²) >= 11 is 0. The number of hydrogen-bond acceptors (Lipinski definition) is 4. The van der Waals surface area contributed by atoms with Crippen molar-refractivity contribution in [2.45, 2.75) is 18.9 Å². The van der Waals surface area contributed by atoms with Gasteiger partial charge in [-0.15, -0.1) is 0 Å². The molecule has 5 N–H and O–H groups in total. The predicted molar refractivity (Wildman–Crippen MR) is 64.9 cm³/mol. The molecule has 0 radical (unpaired) electrons. The van der Waals surface area contributed by atoms with Crippen LogP contribution in [-0.2, 0) is 11.2 Å². The largest absolute Gasteiger partial charge is 0.492 e. The molecule has 0 bridgehead atoms. The first-order valence-corrected chi connectivity index (χ1v) is 5.40. The lowest BCUT2D eigenvalue weighted by atomic mass is 9.94. The number of ether oxygens (including phenoxy) is 1. The molecule has 0 amide bonds. The van der Waals surface area contributed by atoms with Crippen molar-refractivity contribution in [3.8, 4) is 5.75 Å². The molecule has 0 saturated carbocycles. The lowest BCUT2D eigenvalue weighted by molar-refractivity contribution is -0.142. The molecule has 0 aliphatic rings. The highest BCUT2D eigenvalue weighted by molar-refractivity contribution is 5.78. The lowest BCUT2D eigenvalue weighted by Crippen LogP contribution is -2.46. The van der Waals surface area contributed by atoms with Gasteiger partial charge in [0.2, 0.25) is 0 Å². The number of aliphatic carboxylic acids is 1. The van der Waals surface area contributed by atoms with Crippen LogP contribution in [0.2, 0.25) is 0 Å². The lowest BCUT2D eigenvalue weighted by Gasteiger charge is -2.19. The Bertz CT molecular complexity index is 374. The average molecular weight is 238 g/mol. The summed E-state index contributed by atoms with van der Waals surface area (Å²) in [6.07, 6.45) is 0.277. The summed E-state index contributed by atoms with van der Waals surface area (Å²) in [5.74, 6) is -0.297. The molecule has 5 heteroatoms. The summed E-state index contributed by atoms with van der Waals surface area (Å²) < 4.78 is 5.32. The van der Waals surface area contributed by atoms with Gasteiger partial charge in [0.05, 0.1) is 0 Å². The van der Waals surface area contributed by atoms with Crippen LogP contribution in [0.15, 0.2) is 24.3 Å². The fraction of sp³-hybridized carbons (Fsp3) is 0.417. The van der Waals surface area contributed by atoms with Crippen LogP contribution in [0.3, 0.4) is 0 Å². The van der Waals surface area contributed by atoms with Crippen molar-refractivity contribution in [1.29, 1.82) is 0 Å². The van der Waals surface area contributed by atoms with Crippen molar-refractivity contribution >= 4 is 5.97 Å². The molecule has 1 aromatic carbocycles. The van der Waals surface area contributed by atoms with Gasteiger partial charge in [-0.05, 0) is 24.6 Å². The SMILES string of the molecule is C[C@](N)(Cc1ccc(OCCN)cc1)C(=O)O. The van der Waals surface area contributed by atoms with E-state index in [-0.39, 0.29) is 6.42 Å². The Kier molecular flexibility index (Phi) is 4.48. The highest BCUT2D eigenvalue weighted by atomic mass is 16.5. The number of benzene rings is 1. The van der Waals surface area contributed by atoms with E-state index in [1.807, 2.05) is 0 Å². The van der Waals surface area contributed by atoms with Crippen LogP contribution in [0, 0.1) is 0 Å². The number of nitrogens with two attached hydrogens (primary N) is 2. The summed E-state index contributed by atoms with van der Waals surface area (Å²) in [7, 11) is 0. The molecular formula is C12H18N2O3. The minimum atomic E-state index is -1.25. The Morgan fingerprint density at radius 3 is 2.47 bits per heavy atom. The van der Waals surface area contributed by atoms with Gasteiger partial charge < -0.3 is 21.3 Å². The number of carbonyl (C=O) groups is 1. The van der Waals surface area contributed by atoms with Gasteiger partial charge >= 0.3 is 5.97 Å². The number of carboxylic acid groups (broad SMARTS) is 1. The van der Waals surface area contributed by atoms with Crippen LogP contribution in [0.1, 0.15) is 12.5 Å². The standard InChI is InChI=1S/C12H18N2O3/c1-12(14,11(15)16)8-9-2-4-10(5-3-9)17-7-6-13/h2-5H,6-8,13-14H2,1H3,(H,15,16)/t12-/m0/s1. The van der Waals surface area contributed by atoms with Crippen LogP contribution in [0.25, 0.3) is 0 Å². The average Bonchev–Trinajstić information content (AvgIpc) is 2.27. The zero-order chi connectivity index (χ0) is 12.9. The zero-order valence-corrected chi connectivity index (χ0v) is 9.85. The molecule has 1 aromatic rings. The smallest absolute Gasteiger partial charge is 0.323 e. The Hall–Kier alpha value is -1.59. The first-order chi connectivity index (χ1) is 7.95. The highest BCUT2D eigenvalue weighted by Gasteiger charge is 2.27. The predicted octanol–water partition coefficient (Wildman–Crippen LogP) is 0.369. The van der Waals surface area contributed by atoms with Crippen molar-refractivity contribution in [1.82, 2.24) is 0 Å². The maximum atomic E-state index is 10.9. The molecule has 0 aromatic heterocycles. The topological polar surface area (TPSA) is 98.6 Å². The zero-order valence-electron chi connectivity index (χ0n) is 9.85. The van der Waals surface area contributed by atoms with Gasteiger partial charge in [-0.3, -0.25) is 4.79 Å². The number of hydrogen-bond donors (Lipinski definition) is 3. The molecule has 0 unspecified atom stereocenters. The third-order valence-corrected chi connectivity index (χ3v) is 2.37. The first kappa shape index (κ1) is 13.5. The maximum absolute atomic E-state index is 10.9. The second-order valence-corrected chi connectivity index (χ2v) is 4.18. The van der Waals surface area contributed by atoms with Gasteiger partial charge in [-0.25, -0.2) is 0 Å². The molecule has 0 fully saturated rings. The Morgan fingerprint density at radius 1 is 1.41 bits per heavy atom. The van der Waals surface area contributed by atoms with Crippen LogP contribution in [-0.4, -0.2) is 29.8 Å². The highest BCUT2D eigenvalue weighted by Crippen LogP contribution is 2.16. The van der Waals surface area contributed by atoms with Gasteiger partial charge in [0, 0.05) is 13.0 Å². The third kappa shape index (κ3) is 4.05. The quantitative estimate of drug-likeness (QED) is 0.665.